The predicted molar refractivity (Wildman–Crippen MR) is 116 cm³/mol. The Hall–Kier alpha value is -3.87. The molecule has 6 nitrogen and oxygen atoms in total. The van der Waals surface area contributed by atoms with E-state index in [1.54, 1.807) is 6.07 Å². The van der Waals surface area contributed by atoms with Gasteiger partial charge in [-0.15, -0.1) is 10.2 Å². The SMILES string of the molecule is Cc1ccccc1-c1ccc(CC(CC(N)=O)c2cc(F)cc(-c3nn[nH]n3)c2)cc1. The molecule has 3 N–H and O–H groups in total. The smallest absolute Gasteiger partial charge is 0.218 e. The van der Waals surface area contributed by atoms with Crippen molar-refractivity contribution in [3.05, 3.63) is 89.2 Å². The van der Waals surface area contributed by atoms with Crippen LogP contribution in [0.5, 0.6) is 0 Å². The van der Waals surface area contributed by atoms with Gasteiger partial charge in [0.15, 0.2) is 0 Å². The van der Waals surface area contributed by atoms with Gasteiger partial charge in [0.1, 0.15) is 5.82 Å². The van der Waals surface area contributed by atoms with Crippen LogP contribution in [0, 0.1) is 12.7 Å². The highest BCUT2D eigenvalue weighted by atomic mass is 19.1. The fraction of sp³-hybridized carbons (Fsp3) is 0.167. The fourth-order valence-electron chi connectivity index (χ4n) is 3.81. The van der Waals surface area contributed by atoms with E-state index in [4.69, 9.17) is 5.73 Å². The zero-order valence-corrected chi connectivity index (χ0v) is 17.0. The molecule has 1 unspecified atom stereocenters. The van der Waals surface area contributed by atoms with Crippen LogP contribution in [-0.2, 0) is 11.2 Å². The number of amides is 1. The van der Waals surface area contributed by atoms with E-state index in [0.717, 1.165) is 11.1 Å². The van der Waals surface area contributed by atoms with Gasteiger partial charge in [0.05, 0.1) is 0 Å². The number of H-pyrrole nitrogens is 1. The largest absolute Gasteiger partial charge is 0.370 e. The Bertz CT molecular complexity index is 1190. The summed E-state index contributed by atoms with van der Waals surface area (Å²) in [6, 6.07) is 21.0. The quantitative estimate of drug-likeness (QED) is 0.473. The van der Waals surface area contributed by atoms with E-state index in [9.17, 15) is 9.18 Å². The molecule has 0 bridgehead atoms. The van der Waals surface area contributed by atoms with Crippen LogP contribution in [0.3, 0.4) is 0 Å². The minimum absolute atomic E-state index is 0.106. The molecule has 0 radical (unpaired) electrons. The third kappa shape index (κ3) is 4.83. The number of benzene rings is 3. The zero-order chi connectivity index (χ0) is 21.8. The second kappa shape index (κ2) is 8.87. The van der Waals surface area contributed by atoms with Crippen molar-refractivity contribution >= 4 is 5.91 Å². The van der Waals surface area contributed by atoms with Crippen molar-refractivity contribution < 1.29 is 9.18 Å². The number of nitrogens with zero attached hydrogens (tertiary/aromatic N) is 3. The van der Waals surface area contributed by atoms with Crippen LogP contribution in [0.15, 0.2) is 66.7 Å². The van der Waals surface area contributed by atoms with Crippen molar-refractivity contribution in [1.29, 1.82) is 0 Å². The number of aromatic amines is 1. The first-order chi connectivity index (χ1) is 15.0. The summed E-state index contributed by atoms with van der Waals surface area (Å²) in [7, 11) is 0. The van der Waals surface area contributed by atoms with Gasteiger partial charge in [-0.1, -0.05) is 48.5 Å². The summed E-state index contributed by atoms with van der Waals surface area (Å²) in [6.07, 6.45) is 0.654. The highest BCUT2D eigenvalue weighted by Gasteiger charge is 2.18. The molecule has 0 aliphatic rings. The molecular formula is C24H22FN5O. The van der Waals surface area contributed by atoms with Crippen LogP contribution in [0.2, 0.25) is 0 Å². The van der Waals surface area contributed by atoms with Gasteiger partial charge < -0.3 is 5.73 Å². The maximum absolute atomic E-state index is 14.3. The molecule has 1 heterocycles. The number of tetrazole rings is 1. The summed E-state index contributed by atoms with van der Waals surface area (Å²) < 4.78 is 14.3. The number of hydrogen-bond acceptors (Lipinski definition) is 4. The predicted octanol–water partition coefficient (Wildman–Crippen LogP) is 4.18. The van der Waals surface area contributed by atoms with Crippen molar-refractivity contribution in [3.8, 4) is 22.5 Å². The highest BCUT2D eigenvalue weighted by Crippen LogP contribution is 2.30. The second-order valence-electron chi connectivity index (χ2n) is 7.59. The number of nitrogens with one attached hydrogen (secondary N) is 1. The van der Waals surface area contributed by atoms with Gasteiger partial charge in [0.25, 0.3) is 0 Å². The number of aryl methyl sites for hydroxylation is 1. The van der Waals surface area contributed by atoms with Gasteiger partial charge in [-0.25, -0.2) is 4.39 Å². The molecule has 3 aromatic carbocycles. The van der Waals surface area contributed by atoms with E-state index in [-0.39, 0.29) is 12.3 Å². The number of rotatable bonds is 7. The Morgan fingerprint density at radius 1 is 1.06 bits per heavy atom. The van der Waals surface area contributed by atoms with Crippen molar-refractivity contribution in [1.82, 2.24) is 20.6 Å². The first-order valence-electron chi connectivity index (χ1n) is 9.97. The van der Waals surface area contributed by atoms with Crippen molar-refractivity contribution in [2.75, 3.05) is 0 Å². The maximum atomic E-state index is 14.3. The second-order valence-corrected chi connectivity index (χ2v) is 7.59. The molecule has 4 aromatic rings. The van der Waals surface area contributed by atoms with Crippen molar-refractivity contribution in [2.45, 2.75) is 25.7 Å². The van der Waals surface area contributed by atoms with E-state index in [0.29, 0.717) is 23.4 Å². The molecule has 0 spiro atoms. The van der Waals surface area contributed by atoms with Crippen LogP contribution < -0.4 is 5.73 Å². The molecule has 4 rings (SSSR count). The molecule has 0 saturated carbocycles. The first-order valence-corrected chi connectivity index (χ1v) is 9.97. The lowest BCUT2D eigenvalue weighted by molar-refractivity contribution is -0.118. The van der Waals surface area contributed by atoms with E-state index < -0.39 is 11.7 Å². The molecule has 0 aliphatic carbocycles. The maximum Gasteiger partial charge on any atom is 0.218 e. The molecule has 0 fully saturated rings. The number of nitrogens with two attached hydrogens (primary N) is 1. The van der Waals surface area contributed by atoms with Gasteiger partial charge in [0.2, 0.25) is 11.7 Å². The molecular weight excluding hydrogens is 393 g/mol. The lowest BCUT2D eigenvalue weighted by atomic mass is 9.87. The first kappa shape index (κ1) is 20.4. The van der Waals surface area contributed by atoms with Crippen LogP contribution in [0.25, 0.3) is 22.5 Å². The number of primary amides is 1. The van der Waals surface area contributed by atoms with Crippen LogP contribution in [0.1, 0.15) is 29.0 Å². The molecule has 156 valence electrons. The van der Waals surface area contributed by atoms with Crippen LogP contribution >= 0.6 is 0 Å². The molecule has 1 atom stereocenters. The summed E-state index contributed by atoms with van der Waals surface area (Å²) in [5, 5.41) is 13.7. The molecule has 1 amide bonds. The number of carbonyl (C=O) groups excluding carboxylic acids is 1. The Morgan fingerprint density at radius 3 is 2.52 bits per heavy atom. The van der Waals surface area contributed by atoms with E-state index in [2.05, 4.69) is 51.8 Å². The summed E-state index contributed by atoms with van der Waals surface area (Å²) in [4.78, 5) is 11.7. The minimum atomic E-state index is -0.438. The highest BCUT2D eigenvalue weighted by molar-refractivity contribution is 5.75. The average Bonchev–Trinajstić information content (AvgIpc) is 3.29. The number of aromatic nitrogens is 4. The van der Waals surface area contributed by atoms with Crippen molar-refractivity contribution in [2.24, 2.45) is 5.73 Å². The number of carbonyl (C=O) groups is 1. The van der Waals surface area contributed by atoms with Crippen LogP contribution in [0.4, 0.5) is 4.39 Å². The lowest BCUT2D eigenvalue weighted by Crippen LogP contribution is -2.17. The molecule has 1 aromatic heterocycles. The Labute approximate surface area is 179 Å². The molecule has 31 heavy (non-hydrogen) atoms. The normalized spacial score (nSPS) is 11.9. The fourth-order valence-corrected chi connectivity index (χ4v) is 3.81. The third-order valence-electron chi connectivity index (χ3n) is 5.33. The minimum Gasteiger partial charge on any atom is -0.370 e. The van der Waals surface area contributed by atoms with Gasteiger partial charge in [-0.05, 0) is 70.5 Å². The van der Waals surface area contributed by atoms with Gasteiger partial charge in [-0.3, -0.25) is 4.79 Å². The number of hydrogen-bond donors (Lipinski definition) is 2. The Balaban J connectivity index is 1.62. The van der Waals surface area contributed by atoms with Crippen LogP contribution in [-0.4, -0.2) is 26.5 Å². The van der Waals surface area contributed by atoms with Crippen molar-refractivity contribution in [3.63, 3.8) is 0 Å². The standard InChI is InChI=1S/C24H22FN5O/c1-15-4-2-3-5-22(15)17-8-6-16(7-9-17)10-18(14-23(26)31)19-11-20(13-21(25)12-19)24-27-29-30-28-24/h2-9,11-13,18H,10,14H2,1H3,(H2,26,31)(H,27,28,29,30). The topological polar surface area (TPSA) is 97.5 Å². The molecule has 7 heteroatoms. The van der Waals surface area contributed by atoms with Gasteiger partial charge >= 0.3 is 0 Å². The van der Waals surface area contributed by atoms with Gasteiger partial charge in [-0.2, -0.15) is 5.21 Å². The van der Waals surface area contributed by atoms with E-state index >= 15 is 0 Å². The summed E-state index contributed by atoms with van der Waals surface area (Å²) in [5.74, 6) is -0.849. The van der Waals surface area contributed by atoms with E-state index in [1.807, 2.05) is 24.3 Å². The lowest BCUT2D eigenvalue weighted by Gasteiger charge is -2.17. The summed E-state index contributed by atoms with van der Waals surface area (Å²) in [5.41, 5.74) is 11.2. The monoisotopic (exact) mass is 415 g/mol. The molecule has 0 aliphatic heterocycles. The Morgan fingerprint density at radius 2 is 1.84 bits per heavy atom. The van der Waals surface area contributed by atoms with E-state index in [1.165, 1.54) is 23.3 Å². The molecule has 0 saturated heterocycles. The average molecular weight is 415 g/mol. The Kier molecular flexibility index (Phi) is 5.84. The third-order valence-corrected chi connectivity index (χ3v) is 5.33. The number of halogens is 1. The van der Waals surface area contributed by atoms with Gasteiger partial charge in [0, 0.05) is 12.0 Å². The summed E-state index contributed by atoms with van der Waals surface area (Å²) in [6.45, 7) is 2.08. The summed E-state index contributed by atoms with van der Waals surface area (Å²) >= 11 is 0. The zero-order valence-electron chi connectivity index (χ0n) is 17.0.